The molecule has 3 unspecified atom stereocenters. The van der Waals surface area contributed by atoms with Crippen LogP contribution < -0.4 is 14.7 Å². The Kier molecular flexibility index (Phi) is 9.07. The second-order valence-electron chi connectivity index (χ2n) is 15.9. The Balaban J connectivity index is 1.14. The number of aryl methyl sites for hydroxylation is 2. The van der Waals surface area contributed by atoms with Crippen molar-refractivity contribution in [1.29, 1.82) is 0 Å². The summed E-state index contributed by atoms with van der Waals surface area (Å²) in [5.41, 5.74) is 12.5. The summed E-state index contributed by atoms with van der Waals surface area (Å²) in [5.74, 6) is 0.335. The number of anilines is 7. The molecule has 0 saturated heterocycles. The van der Waals surface area contributed by atoms with E-state index < -0.39 is 0 Å². The number of allylic oxidation sites excluding steroid dienone is 4. The topological polar surface area (TPSA) is 9.72 Å². The van der Waals surface area contributed by atoms with Crippen LogP contribution in [0, 0.1) is 5.92 Å². The predicted molar refractivity (Wildman–Crippen MR) is 243 cm³/mol. The lowest BCUT2D eigenvalue weighted by Crippen LogP contribution is -2.35. The van der Waals surface area contributed by atoms with E-state index in [0.29, 0.717) is 5.92 Å². The van der Waals surface area contributed by atoms with Gasteiger partial charge in [-0.1, -0.05) is 146 Å². The molecule has 0 bridgehead atoms. The van der Waals surface area contributed by atoms with Crippen LogP contribution in [0.5, 0.6) is 0 Å². The average Bonchev–Trinajstić information content (AvgIpc) is 3.41. The number of para-hydroxylation sites is 1. The predicted octanol–water partition coefficient (Wildman–Crippen LogP) is 14.2. The fraction of sp³-hybridized carbons (Fsp3) is 0.148. The molecule has 0 radical (unpaired) electrons. The standard InChI is InChI=1S/C54H47N3/c1-38-13-12-21-47(33-38)55(48-29-25-40-15-7-9-17-44(40)34-48)50-31-27-42-23-24-43-28-32-51(37-54(43)57(53(42)36-50)46-19-4-3-5-20-46)56(52-22-11-6-14-39(52)2)49-30-26-41-16-8-10-18-45(41)35-49/h3-22,25-32,34-37,39,47,52H,23-24,33H2,1-2H3. The molecule has 0 amide bonds. The molecule has 3 atom stereocenters. The Morgan fingerprint density at radius 1 is 0.491 bits per heavy atom. The van der Waals surface area contributed by atoms with Gasteiger partial charge in [0.15, 0.2) is 0 Å². The molecule has 3 nitrogen and oxygen atoms in total. The first-order valence-corrected chi connectivity index (χ1v) is 20.4. The van der Waals surface area contributed by atoms with Crippen molar-refractivity contribution in [1.82, 2.24) is 0 Å². The fourth-order valence-corrected chi connectivity index (χ4v) is 9.20. The van der Waals surface area contributed by atoms with Gasteiger partial charge >= 0.3 is 0 Å². The first kappa shape index (κ1) is 34.9. The monoisotopic (exact) mass is 737 g/mol. The number of hydrogen-bond acceptors (Lipinski definition) is 3. The van der Waals surface area contributed by atoms with E-state index in [4.69, 9.17) is 0 Å². The van der Waals surface area contributed by atoms with Crippen LogP contribution in [0.2, 0.25) is 0 Å². The number of fused-ring (bicyclic) bond motifs is 4. The Bertz CT molecular complexity index is 2740. The molecule has 278 valence electrons. The molecular weight excluding hydrogens is 691 g/mol. The van der Waals surface area contributed by atoms with Crippen LogP contribution in [0.15, 0.2) is 200 Å². The van der Waals surface area contributed by atoms with Gasteiger partial charge < -0.3 is 14.7 Å². The van der Waals surface area contributed by atoms with E-state index in [1.165, 1.54) is 72.4 Å². The first-order valence-electron chi connectivity index (χ1n) is 20.4. The third-order valence-electron chi connectivity index (χ3n) is 12.1. The van der Waals surface area contributed by atoms with Crippen LogP contribution in [0.4, 0.5) is 39.8 Å². The SMILES string of the molecule is CC1=CC=CC(N(c2ccc3c(c2)N(c2ccccc2)c2cc(N(c4ccc5ccccc5c4)C4C=CC=CC4C)ccc2CC3)c2ccc3ccccc3c2)C1. The number of hydrogen-bond donors (Lipinski definition) is 0. The zero-order valence-corrected chi connectivity index (χ0v) is 32.7. The highest BCUT2D eigenvalue weighted by molar-refractivity contribution is 5.91. The maximum Gasteiger partial charge on any atom is 0.0585 e. The lowest BCUT2D eigenvalue weighted by Gasteiger charge is -2.37. The van der Waals surface area contributed by atoms with Gasteiger partial charge in [-0.15, -0.1) is 0 Å². The Labute approximate surface area is 336 Å². The van der Waals surface area contributed by atoms with Crippen LogP contribution in [0.3, 0.4) is 0 Å². The summed E-state index contributed by atoms with van der Waals surface area (Å²) in [6, 6.07) is 56.9. The van der Waals surface area contributed by atoms with Gasteiger partial charge in [0.25, 0.3) is 0 Å². The van der Waals surface area contributed by atoms with Crippen LogP contribution >= 0.6 is 0 Å². The van der Waals surface area contributed by atoms with Crippen molar-refractivity contribution in [2.45, 2.75) is 45.2 Å². The summed E-state index contributed by atoms with van der Waals surface area (Å²) >= 11 is 0. The van der Waals surface area contributed by atoms with E-state index in [1.807, 2.05) is 0 Å². The summed E-state index contributed by atoms with van der Waals surface area (Å²) in [4.78, 5) is 7.64. The van der Waals surface area contributed by atoms with Crippen LogP contribution in [0.1, 0.15) is 31.4 Å². The van der Waals surface area contributed by atoms with E-state index in [9.17, 15) is 0 Å². The van der Waals surface area contributed by atoms with Crippen molar-refractivity contribution in [3.8, 4) is 0 Å². The minimum atomic E-state index is 0.167. The molecule has 7 aromatic carbocycles. The molecule has 0 fully saturated rings. The van der Waals surface area contributed by atoms with Gasteiger partial charge in [0, 0.05) is 28.4 Å². The third kappa shape index (κ3) is 6.63. The Hall–Kier alpha value is -6.58. The first-order chi connectivity index (χ1) is 28.1. The molecule has 10 rings (SSSR count). The molecule has 1 aliphatic heterocycles. The molecule has 57 heavy (non-hydrogen) atoms. The highest BCUT2D eigenvalue weighted by Gasteiger charge is 2.29. The maximum atomic E-state index is 2.55. The van der Waals surface area contributed by atoms with Crippen molar-refractivity contribution in [3.05, 3.63) is 211 Å². The average molecular weight is 738 g/mol. The molecule has 1 heterocycles. The second-order valence-corrected chi connectivity index (χ2v) is 15.9. The largest absolute Gasteiger partial charge is 0.334 e. The normalized spacial score (nSPS) is 18.5. The summed E-state index contributed by atoms with van der Waals surface area (Å²) in [5, 5.41) is 5.01. The van der Waals surface area contributed by atoms with Crippen molar-refractivity contribution in [3.63, 3.8) is 0 Å². The lowest BCUT2D eigenvalue weighted by atomic mass is 9.93. The molecule has 3 aliphatic rings. The van der Waals surface area contributed by atoms with Gasteiger partial charge in [0.2, 0.25) is 0 Å². The molecule has 0 N–H and O–H groups in total. The van der Waals surface area contributed by atoms with Gasteiger partial charge in [-0.3, -0.25) is 0 Å². The smallest absolute Gasteiger partial charge is 0.0585 e. The molecule has 2 aliphatic carbocycles. The van der Waals surface area contributed by atoms with E-state index in [2.05, 4.69) is 223 Å². The number of benzene rings is 7. The minimum Gasteiger partial charge on any atom is -0.334 e. The van der Waals surface area contributed by atoms with Gasteiger partial charge in [-0.05, 0) is 125 Å². The van der Waals surface area contributed by atoms with Crippen LogP contribution in [0.25, 0.3) is 21.5 Å². The lowest BCUT2D eigenvalue weighted by molar-refractivity contribution is 0.609. The van der Waals surface area contributed by atoms with Crippen molar-refractivity contribution < 1.29 is 0 Å². The molecule has 0 aromatic heterocycles. The fourth-order valence-electron chi connectivity index (χ4n) is 9.20. The molecule has 0 saturated carbocycles. The molecular formula is C54H47N3. The molecule has 7 aromatic rings. The van der Waals surface area contributed by atoms with E-state index >= 15 is 0 Å². The Morgan fingerprint density at radius 3 is 1.63 bits per heavy atom. The highest BCUT2D eigenvalue weighted by Crippen LogP contribution is 2.47. The van der Waals surface area contributed by atoms with E-state index in [-0.39, 0.29) is 12.1 Å². The summed E-state index contributed by atoms with van der Waals surface area (Å²) < 4.78 is 0. The van der Waals surface area contributed by atoms with Gasteiger partial charge in [-0.25, -0.2) is 0 Å². The van der Waals surface area contributed by atoms with Gasteiger partial charge in [-0.2, -0.15) is 0 Å². The minimum absolute atomic E-state index is 0.167. The van der Waals surface area contributed by atoms with Crippen LogP contribution in [-0.2, 0) is 12.8 Å². The summed E-state index contributed by atoms with van der Waals surface area (Å²) in [6.45, 7) is 4.58. The van der Waals surface area contributed by atoms with Gasteiger partial charge in [0.1, 0.15) is 0 Å². The summed E-state index contributed by atoms with van der Waals surface area (Å²) in [7, 11) is 0. The van der Waals surface area contributed by atoms with Crippen molar-refractivity contribution >= 4 is 61.4 Å². The second kappa shape index (κ2) is 14.8. The summed E-state index contributed by atoms with van der Waals surface area (Å²) in [6.07, 6.45) is 18.8. The van der Waals surface area contributed by atoms with Crippen LogP contribution in [-0.4, -0.2) is 12.1 Å². The third-order valence-corrected chi connectivity index (χ3v) is 12.1. The number of rotatable bonds is 7. The number of nitrogens with zero attached hydrogens (tertiary/aromatic N) is 3. The highest BCUT2D eigenvalue weighted by atomic mass is 15.2. The Morgan fingerprint density at radius 2 is 1.02 bits per heavy atom. The van der Waals surface area contributed by atoms with Crippen molar-refractivity contribution in [2.24, 2.45) is 5.92 Å². The zero-order chi connectivity index (χ0) is 38.3. The van der Waals surface area contributed by atoms with E-state index in [0.717, 1.165) is 24.9 Å². The molecule has 0 spiro atoms. The maximum absolute atomic E-state index is 2.55. The van der Waals surface area contributed by atoms with Gasteiger partial charge in [0.05, 0.1) is 23.5 Å². The molecule has 3 heteroatoms. The van der Waals surface area contributed by atoms with Crippen molar-refractivity contribution in [2.75, 3.05) is 14.7 Å². The zero-order valence-electron chi connectivity index (χ0n) is 32.7. The van der Waals surface area contributed by atoms with E-state index in [1.54, 1.807) is 0 Å². The quantitative estimate of drug-likeness (QED) is 0.161.